The van der Waals surface area contributed by atoms with Gasteiger partial charge in [-0.1, -0.05) is 23.6 Å². The van der Waals surface area contributed by atoms with E-state index in [0.717, 1.165) is 0 Å². The van der Waals surface area contributed by atoms with Gasteiger partial charge in [-0.05, 0) is 18.2 Å². The Balaban J connectivity index is 2.72. The fraction of sp³-hybridized carbons (Fsp3) is 0.100. The quantitative estimate of drug-likeness (QED) is 0.712. The molecular formula is C10H8ClNO. The highest BCUT2D eigenvalue weighted by molar-refractivity contribution is 6.30. The topological polar surface area (TPSA) is 29.1 Å². The Morgan fingerprint density at radius 2 is 2.38 bits per heavy atom. The Bertz CT molecular complexity index is 354. The van der Waals surface area contributed by atoms with Crippen LogP contribution in [-0.4, -0.2) is 12.5 Å². The molecule has 0 saturated heterocycles. The van der Waals surface area contributed by atoms with Crippen LogP contribution in [0.15, 0.2) is 24.3 Å². The van der Waals surface area contributed by atoms with Gasteiger partial charge in [0, 0.05) is 10.6 Å². The minimum absolute atomic E-state index is 0.208. The Morgan fingerprint density at radius 1 is 1.62 bits per heavy atom. The van der Waals surface area contributed by atoms with Crippen LogP contribution in [0.5, 0.6) is 0 Å². The molecule has 1 N–H and O–H groups in total. The maximum atomic E-state index is 11.3. The minimum atomic E-state index is -0.208. The average molecular weight is 194 g/mol. The molecule has 0 saturated carbocycles. The predicted octanol–water partition coefficient (Wildman–Crippen LogP) is 1.70. The molecule has 1 aromatic rings. The number of terminal acetylenes is 1. The van der Waals surface area contributed by atoms with Gasteiger partial charge >= 0.3 is 0 Å². The summed E-state index contributed by atoms with van der Waals surface area (Å²) in [5.41, 5.74) is 0.516. The molecule has 66 valence electrons. The number of amides is 1. The van der Waals surface area contributed by atoms with E-state index in [2.05, 4.69) is 11.2 Å². The molecule has 0 atom stereocenters. The average Bonchev–Trinajstić information content (AvgIpc) is 2.14. The summed E-state index contributed by atoms with van der Waals surface area (Å²) < 4.78 is 0. The third-order valence-corrected chi connectivity index (χ3v) is 1.67. The fourth-order valence-electron chi connectivity index (χ4n) is 0.863. The van der Waals surface area contributed by atoms with Gasteiger partial charge in [-0.25, -0.2) is 0 Å². The Morgan fingerprint density at radius 3 is 3.00 bits per heavy atom. The van der Waals surface area contributed by atoms with E-state index in [-0.39, 0.29) is 12.5 Å². The van der Waals surface area contributed by atoms with Gasteiger partial charge in [0.2, 0.25) is 0 Å². The summed E-state index contributed by atoms with van der Waals surface area (Å²) in [5, 5.41) is 3.08. The van der Waals surface area contributed by atoms with E-state index in [0.29, 0.717) is 10.6 Å². The van der Waals surface area contributed by atoms with Gasteiger partial charge < -0.3 is 5.32 Å². The van der Waals surface area contributed by atoms with E-state index in [1.807, 2.05) is 0 Å². The summed E-state index contributed by atoms with van der Waals surface area (Å²) in [7, 11) is 0. The van der Waals surface area contributed by atoms with Crippen LogP contribution >= 0.6 is 11.6 Å². The van der Waals surface area contributed by atoms with Gasteiger partial charge in [0.15, 0.2) is 0 Å². The molecule has 0 bridgehead atoms. The summed E-state index contributed by atoms with van der Waals surface area (Å²) >= 11 is 5.70. The smallest absolute Gasteiger partial charge is 0.252 e. The molecular weight excluding hydrogens is 186 g/mol. The van der Waals surface area contributed by atoms with Gasteiger partial charge in [-0.2, -0.15) is 0 Å². The van der Waals surface area contributed by atoms with Gasteiger partial charge in [0.25, 0.3) is 5.91 Å². The van der Waals surface area contributed by atoms with Crippen molar-refractivity contribution in [2.24, 2.45) is 0 Å². The first-order chi connectivity index (χ1) is 6.24. The summed E-state index contributed by atoms with van der Waals surface area (Å²) in [5.74, 6) is 2.11. The number of rotatable bonds is 2. The Labute approximate surface area is 81.9 Å². The van der Waals surface area contributed by atoms with Crippen LogP contribution in [0.25, 0.3) is 0 Å². The summed E-state index contributed by atoms with van der Waals surface area (Å²) in [4.78, 5) is 11.3. The van der Waals surface area contributed by atoms with Crippen LogP contribution in [0.1, 0.15) is 10.4 Å². The van der Waals surface area contributed by atoms with Crippen molar-refractivity contribution in [3.63, 3.8) is 0 Å². The largest absolute Gasteiger partial charge is 0.341 e. The predicted molar refractivity (Wildman–Crippen MR) is 52.6 cm³/mol. The molecule has 0 aliphatic heterocycles. The second kappa shape index (κ2) is 4.54. The van der Waals surface area contributed by atoms with Crippen LogP contribution in [-0.2, 0) is 0 Å². The van der Waals surface area contributed by atoms with Crippen molar-refractivity contribution in [3.05, 3.63) is 34.9 Å². The second-order valence-electron chi connectivity index (χ2n) is 2.40. The Hall–Kier alpha value is -1.46. The third kappa shape index (κ3) is 2.81. The lowest BCUT2D eigenvalue weighted by Crippen LogP contribution is -2.23. The first kappa shape index (κ1) is 9.63. The van der Waals surface area contributed by atoms with Crippen LogP contribution < -0.4 is 5.32 Å². The number of carbonyl (C=O) groups excluding carboxylic acids is 1. The highest BCUT2D eigenvalue weighted by Crippen LogP contribution is 2.10. The molecule has 1 aromatic carbocycles. The van der Waals surface area contributed by atoms with Gasteiger partial charge in [0.05, 0.1) is 6.54 Å². The van der Waals surface area contributed by atoms with Crippen LogP contribution in [0, 0.1) is 12.3 Å². The normalized spacial score (nSPS) is 8.92. The second-order valence-corrected chi connectivity index (χ2v) is 2.83. The molecule has 0 heterocycles. The van der Waals surface area contributed by atoms with Crippen molar-refractivity contribution in [1.82, 2.24) is 5.32 Å². The summed E-state index contributed by atoms with van der Waals surface area (Å²) in [6.07, 6.45) is 4.99. The van der Waals surface area contributed by atoms with Crippen molar-refractivity contribution in [1.29, 1.82) is 0 Å². The van der Waals surface area contributed by atoms with Gasteiger partial charge in [-0.3, -0.25) is 4.79 Å². The summed E-state index contributed by atoms with van der Waals surface area (Å²) in [6.45, 7) is 0.228. The van der Waals surface area contributed by atoms with E-state index < -0.39 is 0 Å². The van der Waals surface area contributed by atoms with Gasteiger partial charge in [0.1, 0.15) is 0 Å². The maximum absolute atomic E-state index is 11.3. The van der Waals surface area contributed by atoms with Crippen LogP contribution in [0.4, 0.5) is 0 Å². The SMILES string of the molecule is C#CCNC(=O)c1cccc(Cl)c1. The van der Waals surface area contributed by atoms with Crippen LogP contribution in [0.2, 0.25) is 5.02 Å². The maximum Gasteiger partial charge on any atom is 0.252 e. The number of nitrogens with one attached hydrogen (secondary N) is 1. The van der Waals surface area contributed by atoms with Crippen molar-refractivity contribution < 1.29 is 4.79 Å². The first-order valence-electron chi connectivity index (χ1n) is 3.71. The molecule has 2 nitrogen and oxygen atoms in total. The number of carbonyl (C=O) groups is 1. The monoisotopic (exact) mass is 193 g/mol. The zero-order valence-electron chi connectivity index (χ0n) is 6.88. The van der Waals surface area contributed by atoms with Crippen molar-refractivity contribution in [2.75, 3.05) is 6.54 Å². The molecule has 0 unspecified atom stereocenters. The highest BCUT2D eigenvalue weighted by atomic mass is 35.5. The lowest BCUT2D eigenvalue weighted by atomic mass is 10.2. The van der Waals surface area contributed by atoms with E-state index in [9.17, 15) is 4.79 Å². The molecule has 0 spiro atoms. The number of benzene rings is 1. The van der Waals surface area contributed by atoms with Crippen molar-refractivity contribution >= 4 is 17.5 Å². The molecule has 1 rings (SSSR count). The van der Waals surface area contributed by atoms with Crippen LogP contribution in [0.3, 0.4) is 0 Å². The molecule has 3 heteroatoms. The standard InChI is InChI=1S/C10H8ClNO/c1-2-6-12-10(13)8-4-3-5-9(11)7-8/h1,3-5,7H,6H2,(H,12,13). The molecule has 0 aliphatic carbocycles. The lowest BCUT2D eigenvalue weighted by molar-refractivity contribution is 0.0958. The molecule has 0 aromatic heterocycles. The number of hydrogen-bond acceptors (Lipinski definition) is 1. The minimum Gasteiger partial charge on any atom is -0.341 e. The number of hydrogen-bond donors (Lipinski definition) is 1. The molecule has 0 fully saturated rings. The molecule has 13 heavy (non-hydrogen) atoms. The van der Waals surface area contributed by atoms with Crippen molar-refractivity contribution in [2.45, 2.75) is 0 Å². The first-order valence-corrected chi connectivity index (χ1v) is 4.09. The lowest BCUT2D eigenvalue weighted by Gasteiger charge is -2.00. The zero-order valence-corrected chi connectivity index (χ0v) is 7.64. The highest BCUT2D eigenvalue weighted by Gasteiger charge is 2.03. The van der Waals surface area contributed by atoms with E-state index >= 15 is 0 Å². The summed E-state index contributed by atoms with van der Waals surface area (Å²) in [6, 6.07) is 6.69. The molecule has 0 aliphatic rings. The van der Waals surface area contributed by atoms with Gasteiger partial charge in [-0.15, -0.1) is 6.42 Å². The van der Waals surface area contributed by atoms with Crippen molar-refractivity contribution in [3.8, 4) is 12.3 Å². The van der Waals surface area contributed by atoms with E-state index in [1.54, 1.807) is 24.3 Å². The molecule has 1 amide bonds. The number of halogens is 1. The zero-order chi connectivity index (χ0) is 9.68. The molecule has 0 radical (unpaired) electrons. The third-order valence-electron chi connectivity index (χ3n) is 1.44. The fourth-order valence-corrected chi connectivity index (χ4v) is 1.05. The van der Waals surface area contributed by atoms with E-state index in [4.69, 9.17) is 18.0 Å². The Kier molecular flexibility index (Phi) is 3.36. The van der Waals surface area contributed by atoms with E-state index in [1.165, 1.54) is 0 Å².